The van der Waals surface area contributed by atoms with Crippen molar-refractivity contribution in [2.45, 2.75) is 20.0 Å². The molecule has 0 saturated carbocycles. The lowest BCUT2D eigenvalue weighted by Crippen LogP contribution is -2.51. The molecule has 1 heterocycles. The largest absolute Gasteiger partial charge is 0.365 e. The minimum Gasteiger partial charge on any atom is -0.365 e. The lowest BCUT2D eigenvalue weighted by molar-refractivity contribution is -0.130. The molecular weight excluding hydrogens is 292 g/mol. The van der Waals surface area contributed by atoms with Gasteiger partial charge in [-0.3, -0.25) is 9.59 Å². The fraction of sp³-hybridized carbons (Fsp3) is 0.467. The van der Waals surface area contributed by atoms with Crippen LogP contribution in [0.25, 0.3) is 0 Å². The van der Waals surface area contributed by atoms with E-state index in [-0.39, 0.29) is 30.4 Å². The molecule has 1 atom stereocenters. The Morgan fingerprint density at radius 3 is 2.71 bits per heavy atom. The van der Waals surface area contributed by atoms with E-state index in [1.165, 1.54) is 0 Å². The van der Waals surface area contributed by atoms with Gasteiger partial charge >= 0.3 is 0 Å². The number of rotatable bonds is 4. The fourth-order valence-corrected chi connectivity index (χ4v) is 2.16. The number of carbonyl (C=O) groups excluding carboxylic acids is 2. The smallest absolute Gasteiger partial charge is 0.253 e. The maximum atomic E-state index is 12.0. The summed E-state index contributed by atoms with van der Waals surface area (Å²) >= 11 is 5.85. The Morgan fingerprint density at radius 1 is 1.43 bits per heavy atom. The Kier molecular flexibility index (Phi) is 5.20. The summed E-state index contributed by atoms with van der Waals surface area (Å²) in [6.45, 7) is 4.50. The number of amides is 2. The summed E-state index contributed by atoms with van der Waals surface area (Å²) in [6, 6.07) is 7.09. The number of nitrogens with one attached hydrogen (secondary N) is 1. The van der Waals surface area contributed by atoms with E-state index in [9.17, 15) is 9.59 Å². The first-order valence-corrected chi connectivity index (χ1v) is 7.30. The van der Waals surface area contributed by atoms with Gasteiger partial charge in [-0.15, -0.1) is 0 Å². The highest BCUT2D eigenvalue weighted by Gasteiger charge is 2.27. The maximum Gasteiger partial charge on any atom is 0.253 e. The molecule has 1 fully saturated rings. The monoisotopic (exact) mass is 310 g/mol. The van der Waals surface area contributed by atoms with Crippen molar-refractivity contribution in [3.05, 3.63) is 29.3 Å². The van der Waals surface area contributed by atoms with Crippen molar-refractivity contribution in [3.63, 3.8) is 0 Å². The van der Waals surface area contributed by atoms with E-state index in [0.29, 0.717) is 18.1 Å². The maximum absolute atomic E-state index is 12.0. The normalized spacial score (nSPS) is 19.0. The van der Waals surface area contributed by atoms with E-state index in [1.807, 2.05) is 13.8 Å². The van der Waals surface area contributed by atoms with Crippen LogP contribution in [-0.4, -0.2) is 37.6 Å². The van der Waals surface area contributed by atoms with Crippen LogP contribution >= 0.6 is 11.6 Å². The fourth-order valence-electron chi connectivity index (χ4n) is 2.04. The van der Waals surface area contributed by atoms with Crippen molar-refractivity contribution >= 4 is 29.1 Å². The van der Waals surface area contributed by atoms with Gasteiger partial charge in [-0.2, -0.15) is 0 Å². The first kappa shape index (κ1) is 15.8. The Balaban J connectivity index is 1.97. The zero-order chi connectivity index (χ0) is 15.4. The first-order valence-electron chi connectivity index (χ1n) is 6.92. The second-order valence-electron chi connectivity index (χ2n) is 5.31. The summed E-state index contributed by atoms with van der Waals surface area (Å²) < 4.78 is 5.46. The zero-order valence-corrected chi connectivity index (χ0v) is 12.9. The summed E-state index contributed by atoms with van der Waals surface area (Å²) in [5.74, 6) is -0.181. The summed E-state index contributed by atoms with van der Waals surface area (Å²) in [5, 5.41) is 3.45. The number of carbonyl (C=O) groups is 2. The summed E-state index contributed by atoms with van der Waals surface area (Å²) in [4.78, 5) is 25.2. The van der Waals surface area contributed by atoms with Crippen LogP contribution in [0.1, 0.15) is 13.8 Å². The van der Waals surface area contributed by atoms with E-state index < -0.39 is 0 Å². The Bertz CT molecular complexity index is 516. The third-order valence-electron chi connectivity index (χ3n) is 3.30. The predicted molar refractivity (Wildman–Crippen MR) is 81.4 cm³/mol. The third-order valence-corrected chi connectivity index (χ3v) is 3.55. The van der Waals surface area contributed by atoms with Crippen LogP contribution in [0.3, 0.4) is 0 Å². The summed E-state index contributed by atoms with van der Waals surface area (Å²) in [7, 11) is 0. The topological polar surface area (TPSA) is 58.6 Å². The lowest BCUT2D eigenvalue weighted by atomic mass is 10.2. The van der Waals surface area contributed by atoms with Crippen LogP contribution in [0, 0.1) is 5.92 Å². The van der Waals surface area contributed by atoms with E-state index >= 15 is 0 Å². The van der Waals surface area contributed by atoms with Crippen molar-refractivity contribution in [2.24, 2.45) is 5.92 Å². The number of benzene rings is 1. The highest BCUT2D eigenvalue weighted by atomic mass is 35.5. The minimum atomic E-state index is -0.207. The molecule has 1 aliphatic rings. The quantitative estimate of drug-likeness (QED) is 0.923. The SMILES string of the molecule is CC(C)C(=O)NCC1CN(c2ccc(Cl)cc2)C(=O)CO1. The number of anilines is 1. The molecule has 0 aliphatic carbocycles. The molecule has 0 aromatic heterocycles. The molecule has 6 heteroatoms. The van der Waals surface area contributed by atoms with Crippen molar-refractivity contribution in [1.82, 2.24) is 5.32 Å². The Morgan fingerprint density at radius 2 is 2.10 bits per heavy atom. The molecule has 2 rings (SSSR count). The van der Waals surface area contributed by atoms with Gasteiger partial charge in [0.1, 0.15) is 6.61 Å². The number of nitrogens with zero attached hydrogens (tertiary/aromatic N) is 1. The molecule has 1 aromatic carbocycles. The van der Waals surface area contributed by atoms with Crippen LogP contribution in [0.15, 0.2) is 24.3 Å². The molecule has 114 valence electrons. The number of halogens is 1. The molecule has 0 spiro atoms. The lowest BCUT2D eigenvalue weighted by Gasteiger charge is -2.33. The van der Waals surface area contributed by atoms with Gasteiger partial charge in [-0.05, 0) is 24.3 Å². The zero-order valence-electron chi connectivity index (χ0n) is 12.1. The van der Waals surface area contributed by atoms with Gasteiger partial charge in [0.2, 0.25) is 5.91 Å². The van der Waals surface area contributed by atoms with Gasteiger partial charge in [0.05, 0.1) is 12.6 Å². The number of ether oxygens (including phenoxy) is 1. The van der Waals surface area contributed by atoms with Crippen molar-refractivity contribution in [3.8, 4) is 0 Å². The van der Waals surface area contributed by atoms with Gasteiger partial charge < -0.3 is 15.0 Å². The molecule has 5 nitrogen and oxygen atoms in total. The van der Waals surface area contributed by atoms with E-state index in [1.54, 1.807) is 29.2 Å². The van der Waals surface area contributed by atoms with Crippen LogP contribution in [0.4, 0.5) is 5.69 Å². The minimum absolute atomic E-state index is 0.0187. The van der Waals surface area contributed by atoms with Crippen molar-refractivity contribution in [2.75, 3.05) is 24.6 Å². The molecule has 0 bridgehead atoms. The molecule has 1 aromatic rings. The van der Waals surface area contributed by atoms with Crippen LogP contribution < -0.4 is 10.2 Å². The highest BCUT2D eigenvalue weighted by molar-refractivity contribution is 6.30. The number of morpholine rings is 1. The average molecular weight is 311 g/mol. The van der Waals surface area contributed by atoms with Crippen molar-refractivity contribution < 1.29 is 14.3 Å². The molecule has 0 radical (unpaired) electrons. The summed E-state index contributed by atoms with van der Waals surface area (Å²) in [6.07, 6.45) is -0.207. The van der Waals surface area contributed by atoms with Crippen molar-refractivity contribution in [1.29, 1.82) is 0 Å². The number of hydrogen-bond acceptors (Lipinski definition) is 3. The molecule has 1 aliphatic heterocycles. The Labute approximate surface area is 129 Å². The van der Waals surface area contributed by atoms with Crippen LogP contribution in [0.2, 0.25) is 5.02 Å². The predicted octanol–water partition coefficient (Wildman–Crippen LogP) is 1.84. The Hall–Kier alpha value is -1.59. The number of hydrogen-bond donors (Lipinski definition) is 1. The van der Waals surface area contributed by atoms with Gasteiger partial charge in [-0.1, -0.05) is 25.4 Å². The van der Waals surface area contributed by atoms with E-state index in [2.05, 4.69) is 5.32 Å². The third kappa shape index (κ3) is 4.19. The highest BCUT2D eigenvalue weighted by Crippen LogP contribution is 2.21. The molecular formula is C15H19ClN2O3. The molecule has 2 amide bonds. The van der Waals surface area contributed by atoms with Gasteiger partial charge in [0.25, 0.3) is 5.91 Å². The second kappa shape index (κ2) is 6.91. The molecule has 1 saturated heterocycles. The van der Waals surface area contributed by atoms with E-state index in [0.717, 1.165) is 5.69 Å². The van der Waals surface area contributed by atoms with Crippen LogP contribution in [0.5, 0.6) is 0 Å². The van der Waals surface area contributed by atoms with E-state index in [4.69, 9.17) is 16.3 Å². The average Bonchev–Trinajstić information content (AvgIpc) is 2.47. The van der Waals surface area contributed by atoms with Gasteiger partial charge in [-0.25, -0.2) is 0 Å². The van der Waals surface area contributed by atoms with Gasteiger partial charge in [0, 0.05) is 23.2 Å². The molecule has 1 N–H and O–H groups in total. The first-order chi connectivity index (χ1) is 9.97. The molecule has 21 heavy (non-hydrogen) atoms. The van der Waals surface area contributed by atoms with Gasteiger partial charge in [0.15, 0.2) is 0 Å². The standard InChI is InChI=1S/C15H19ClN2O3/c1-10(2)15(20)17-7-13-8-18(14(19)9-21-13)12-5-3-11(16)4-6-12/h3-6,10,13H,7-9H2,1-2H3,(H,17,20). The molecule has 1 unspecified atom stereocenters. The second-order valence-corrected chi connectivity index (χ2v) is 5.75. The van der Waals surface area contributed by atoms with Crippen LogP contribution in [-0.2, 0) is 14.3 Å². The summed E-state index contributed by atoms with van der Waals surface area (Å²) in [5.41, 5.74) is 0.785.